The third-order valence-corrected chi connectivity index (χ3v) is 3.82. The number of amides is 1. The summed E-state index contributed by atoms with van der Waals surface area (Å²) in [5.41, 5.74) is 0.492. The van der Waals surface area contributed by atoms with E-state index in [1.165, 1.54) is 25.9 Å². The summed E-state index contributed by atoms with van der Waals surface area (Å²) in [6.07, 6.45) is 3.53. The summed E-state index contributed by atoms with van der Waals surface area (Å²) in [4.78, 5) is 14.9. The van der Waals surface area contributed by atoms with Crippen molar-refractivity contribution in [3.63, 3.8) is 0 Å². The highest BCUT2D eigenvalue weighted by Gasteiger charge is 2.44. The Balaban J connectivity index is 1.82. The molecule has 0 saturated carbocycles. The molecule has 2 fully saturated rings. The zero-order chi connectivity index (χ0) is 10.2. The molecule has 2 saturated heterocycles. The first-order chi connectivity index (χ1) is 6.65. The van der Waals surface area contributed by atoms with Gasteiger partial charge in [0, 0.05) is 24.5 Å². The fraction of sp³-hybridized carbons (Fsp3) is 0.909. The predicted molar refractivity (Wildman–Crippen MR) is 56.0 cm³/mol. The average molecular weight is 196 g/mol. The van der Waals surface area contributed by atoms with Crippen LogP contribution in [0.4, 0.5) is 0 Å². The molecule has 1 spiro atoms. The van der Waals surface area contributed by atoms with E-state index < -0.39 is 0 Å². The maximum absolute atomic E-state index is 10.5. The van der Waals surface area contributed by atoms with E-state index in [2.05, 4.69) is 18.7 Å². The highest BCUT2D eigenvalue weighted by atomic mass is 16.1. The number of carbonyl (C=O) groups is 1. The number of nitrogens with zero attached hydrogens (tertiary/aromatic N) is 2. The molecule has 3 nitrogen and oxygen atoms in total. The van der Waals surface area contributed by atoms with Crippen LogP contribution < -0.4 is 0 Å². The van der Waals surface area contributed by atoms with Gasteiger partial charge in [-0.15, -0.1) is 0 Å². The molecule has 2 aliphatic heterocycles. The van der Waals surface area contributed by atoms with Crippen LogP contribution in [-0.4, -0.2) is 48.4 Å². The van der Waals surface area contributed by atoms with Gasteiger partial charge < -0.3 is 9.80 Å². The van der Waals surface area contributed by atoms with Gasteiger partial charge >= 0.3 is 0 Å². The van der Waals surface area contributed by atoms with Gasteiger partial charge in [-0.05, 0) is 39.8 Å². The second kappa shape index (κ2) is 3.54. The smallest absolute Gasteiger partial charge is 0.209 e. The normalized spacial score (nSPS) is 26.6. The van der Waals surface area contributed by atoms with Crippen molar-refractivity contribution >= 4 is 6.41 Å². The summed E-state index contributed by atoms with van der Waals surface area (Å²) < 4.78 is 0. The molecule has 0 aromatic rings. The third-order valence-electron chi connectivity index (χ3n) is 3.82. The molecule has 0 radical (unpaired) electrons. The summed E-state index contributed by atoms with van der Waals surface area (Å²) in [5.74, 6) is 0. The van der Waals surface area contributed by atoms with E-state index in [9.17, 15) is 4.79 Å². The first kappa shape index (κ1) is 9.97. The van der Waals surface area contributed by atoms with Crippen molar-refractivity contribution in [1.29, 1.82) is 0 Å². The molecular weight excluding hydrogens is 176 g/mol. The molecule has 0 N–H and O–H groups in total. The largest absolute Gasteiger partial charge is 0.344 e. The maximum atomic E-state index is 10.5. The molecule has 0 unspecified atom stereocenters. The Labute approximate surface area is 86.1 Å². The predicted octanol–water partition coefficient (Wildman–Crippen LogP) is 0.949. The molecule has 14 heavy (non-hydrogen) atoms. The molecule has 2 rings (SSSR count). The molecule has 0 aliphatic carbocycles. The minimum atomic E-state index is 0.492. The van der Waals surface area contributed by atoms with E-state index in [1.54, 1.807) is 0 Å². The van der Waals surface area contributed by atoms with Gasteiger partial charge in [-0.3, -0.25) is 4.79 Å². The van der Waals surface area contributed by atoms with Crippen LogP contribution >= 0.6 is 0 Å². The van der Waals surface area contributed by atoms with Gasteiger partial charge in [0.05, 0.1) is 0 Å². The van der Waals surface area contributed by atoms with Crippen LogP contribution in [0.5, 0.6) is 0 Å². The molecule has 2 heterocycles. The summed E-state index contributed by atoms with van der Waals surface area (Å²) in [6, 6.07) is 0.676. The van der Waals surface area contributed by atoms with Crippen LogP contribution in [0.25, 0.3) is 0 Å². The zero-order valence-corrected chi connectivity index (χ0v) is 9.20. The molecule has 80 valence electrons. The molecular formula is C11H20N2O. The van der Waals surface area contributed by atoms with Crippen LogP contribution in [0.2, 0.25) is 0 Å². The van der Waals surface area contributed by atoms with E-state index in [-0.39, 0.29) is 0 Å². The van der Waals surface area contributed by atoms with Crippen LogP contribution in [0.15, 0.2) is 0 Å². The van der Waals surface area contributed by atoms with Crippen molar-refractivity contribution in [3.05, 3.63) is 0 Å². The molecule has 1 amide bonds. The van der Waals surface area contributed by atoms with Gasteiger partial charge in [0.2, 0.25) is 6.41 Å². The van der Waals surface area contributed by atoms with Gasteiger partial charge in [-0.2, -0.15) is 0 Å². The minimum absolute atomic E-state index is 0.492. The van der Waals surface area contributed by atoms with E-state index in [4.69, 9.17) is 0 Å². The summed E-state index contributed by atoms with van der Waals surface area (Å²) >= 11 is 0. The van der Waals surface area contributed by atoms with Gasteiger partial charge in [0.15, 0.2) is 0 Å². The number of hydrogen-bond donors (Lipinski definition) is 0. The Bertz CT molecular complexity index is 211. The lowest BCUT2D eigenvalue weighted by Gasteiger charge is -2.53. The number of piperidine rings is 1. The van der Waals surface area contributed by atoms with Crippen molar-refractivity contribution < 1.29 is 4.79 Å². The first-order valence-corrected chi connectivity index (χ1v) is 5.59. The van der Waals surface area contributed by atoms with Gasteiger partial charge in [-0.25, -0.2) is 0 Å². The van der Waals surface area contributed by atoms with E-state index >= 15 is 0 Å². The van der Waals surface area contributed by atoms with Crippen molar-refractivity contribution in [1.82, 2.24) is 9.80 Å². The summed E-state index contributed by atoms with van der Waals surface area (Å²) in [6.45, 7) is 8.95. The Morgan fingerprint density at radius 2 is 1.79 bits per heavy atom. The Kier molecular flexibility index (Phi) is 2.52. The SMILES string of the molecule is CC(C)N1CCC2(CC1)CN(C=O)C2. The molecule has 0 aromatic heterocycles. The third kappa shape index (κ3) is 1.65. The van der Waals surface area contributed by atoms with Crippen molar-refractivity contribution in [2.45, 2.75) is 32.7 Å². The first-order valence-electron chi connectivity index (χ1n) is 5.59. The lowest BCUT2D eigenvalue weighted by Crippen LogP contribution is -2.60. The number of rotatable bonds is 2. The quantitative estimate of drug-likeness (QED) is 0.614. The van der Waals surface area contributed by atoms with Crippen LogP contribution in [-0.2, 0) is 4.79 Å². The Morgan fingerprint density at radius 1 is 1.21 bits per heavy atom. The minimum Gasteiger partial charge on any atom is -0.344 e. The second-order valence-electron chi connectivity index (χ2n) is 5.14. The van der Waals surface area contributed by atoms with Gasteiger partial charge in [0.25, 0.3) is 0 Å². The van der Waals surface area contributed by atoms with Crippen LogP contribution in [0, 0.1) is 5.41 Å². The fourth-order valence-electron chi connectivity index (χ4n) is 2.72. The summed E-state index contributed by atoms with van der Waals surface area (Å²) in [5, 5.41) is 0. The Morgan fingerprint density at radius 3 is 2.21 bits per heavy atom. The number of likely N-dealkylation sites (tertiary alicyclic amines) is 2. The monoisotopic (exact) mass is 196 g/mol. The van der Waals surface area contributed by atoms with Crippen LogP contribution in [0.3, 0.4) is 0 Å². The molecule has 2 aliphatic rings. The van der Waals surface area contributed by atoms with E-state index in [0.717, 1.165) is 19.5 Å². The second-order valence-corrected chi connectivity index (χ2v) is 5.14. The molecule has 3 heteroatoms. The Hall–Kier alpha value is -0.570. The topological polar surface area (TPSA) is 23.6 Å². The summed E-state index contributed by atoms with van der Waals surface area (Å²) in [7, 11) is 0. The van der Waals surface area contributed by atoms with Crippen LogP contribution in [0.1, 0.15) is 26.7 Å². The molecule has 0 atom stereocenters. The van der Waals surface area contributed by atoms with E-state index in [1.807, 2.05) is 4.90 Å². The standard InChI is InChI=1S/C11H20N2O/c1-10(2)13-5-3-11(4-6-13)7-12(8-11)9-14/h9-10H,3-8H2,1-2H3. The number of hydrogen-bond acceptors (Lipinski definition) is 2. The van der Waals surface area contributed by atoms with E-state index in [0.29, 0.717) is 11.5 Å². The highest BCUT2D eigenvalue weighted by Crippen LogP contribution is 2.39. The molecule has 0 aromatic carbocycles. The lowest BCUT2D eigenvalue weighted by atomic mass is 9.72. The average Bonchev–Trinajstić information content (AvgIpc) is 2.14. The maximum Gasteiger partial charge on any atom is 0.209 e. The number of carbonyl (C=O) groups excluding carboxylic acids is 1. The lowest BCUT2D eigenvalue weighted by molar-refractivity contribution is -0.133. The van der Waals surface area contributed by atoms with Gasteiger partial charge in [-0.1, -0.05) is 0 Å². The highest BCUT2D eigenvalue weighted by molar-refractivity contribution is 5.49. The zero-order valence-electron chi connectivity index (χ0n) is 9.20. The fourth-order valence-corrected chi connectivity index (χ4v) is 2.72. The molecule has 0 bridgehead atoms. The van der Waals surface area contributed by atoms with Crippen molar-refractivity contribution in [2.24, 2.45) is 5.41 Å². The van der Waals surface area contributed by atoms with Gasteiger partial charge in [0.1, 0.15) is 0 Å². The van der Waals surface area contributed by atoms with Crippen molar-refractivity contribution in [3.8, 4) is 0 Å². The van der Waals surface area contributed by atoms with Crippen molar-refractivity contribution in [2.75, 3.05) is 26.2 Å².